The van der Waals surface area contributed by atoms with Gasteiger partial charge in [-0.2, -0.15) is 5.10 Å². The molecule has 0 bridgehead atoms. The van der Waals surface area contributed by atoms with Gasteiger partial charge in [-0.05, 0) is 0 Å². The van der Waals surface area contributed by atoms with Crippen molar-refractivity contribution in [1.82, 2.24) is 29.3 Å². The highest BCUT2D eigenvalue weighted by atomic mass is 15.3. The molecule has 0 aliphatic heterocycles. The molecule has 3 rings (SSSR count). The Hall–Kier alpha value is -2.28. The molecule has 0 atom stereocenters. The summed E-state index contributed by atoms with van der Waals surface area (Å²) in [6.07, 6.45) is 6.79. The Balaban J connectivity index is 2.30. The Bertz CT molecular complexity index is 666. The number of nitrogens with two attached hydrogens (primary N) is 1. The van der Waals surface area contributed by atoms with Gasteiger partial charge in [0.05, 0.1) is 18.1 Å². The number of imidazole rings is 1. The van der Waals surface area contributed by atoms with E-state index in [9.17, 15) is 0 Å². The van der Waals surface area contributed by atoms with E-state index in [4.69, 9.17) is 5.73 Å². The molecule has 0 aromatic carbocycles. The molecule has 0 saturated carbocycles. The second-order valence-corrected chi connectivity index (χ2v) is 3.62. The van der Waals surface area contributed by atoms with Crippen LogP contribution in [-0.4, -0.2) is 29.3 Å². The summed E-state index contributed by atoms with van der Waals surface area (Å²) in [7, 11) is 1.84. The van der Waals surface area contributed by atoms with E-state index in [0.29, 0.717) is 6.54 Å². The Morgan fingerprint density at radius 3 is 3.00 bits per heavy atom. The van der Waals surface area contributed by atoms with Crippen molar-refractivity contribution in [3.63, 3.8) is 0 Å². The van der Waals surface area contributed by atoms with Gasteiger partial charge >= 0.3 is 0 Å². The van der Waals surface area contributed by atoms with Crippen molar-refractivity contribution in [2.45, 2.75) is 6.54 Å². The lowest BCUT2D eigenvalue weighted by atomic mass is 10.4. The van der Waals surface area contributed by atoms with Gasteiger partial charge < -0.3 is 5.73 Å². The van der Waals surface area contributed by atoms with Gasteiger partial charge in [0.2, 0.25) is 0 Å². The first-order valence-corrected chi connectivity index (χ1v) is 5.16. The van der Waals surface area contributed by atoms with Crippen LogP contribution in [0.3, 0.4) is 0 Å². The summed E-state index contributed by atoms with van der Waals surface area (Å²) in [6.45, 7) is 0.360. The molecule has 3 heterocycles. The van der Waals surface area contributed by atoms with Crippen molar-refractivity contribution >= 4 is 11.0 Å². The van der Waals surface area contributed by atoms with Gasteiger partial charge in [-0.15, -0.1) is 0 Å². The molecule has 0 saturated heterocycles. The van der Waals surface area contributed by atoms with Crippen LogP contribution in [-0.2, 0) is 13.6 Å². The monoisotopic (exact) mass is 229 g/mol. The molecule has 2 N–H and O–H groups in total. The van der Waals surface area contributed by atoms with Crippen LogP contribution in [0.4, 0.5) is 0 Å². The maximum Gasteiger partial charge on any atom is 0.163 e. The highest BCUT2D eigenvalue weighted by Crippen LogP contribution is 2.18. The average Bonchev–Trinajstić information content (AvgIpc) is 2.96. The molecular formula is C10H11N7. The molecule has 0 unspecified atom stereocenters. The van der Waals surface area contributed by atoms with Gasteiger partial charge in [0.1, 0.15) is 12.2 Å². The van der Waals surface area contributed by atoms with Crippen molar-refractivity contribution in [2.75, 3.05) is 0 Å². The van der Waals surface area contributed by atoms with Crippen LogP contribution in [0.15, 0.2) is 24.9 Å². The summed E-state index contributed by atoms with van der Waals surface area (Å²) in [5.74, 6) is 1.51. The number of fused-ring (bicyclic) bond motifs is 1. The lowest BCUT2D eigenvalue weighted by Crippen LogP contribution is -2.08. The van der Waals surface area contributed by atoms with E-state index in [-0.39, 0.29) is 0 Å². The van der Waals surface area contributed by atoms with E-state index in [1.54, 1.807) is 17.1 Å². The van der Waals surface area contributed by atoms with Crippen LogP contribution in [0.1, 0.15) is 5.82 Å². The SMILES string of the molecule is Cn1ncc2c(-n3ccnc3CN)ncnc21. The predicted molar refractivity (Wildman–Crippen MR) is 61.3 cm³/mol. The summed E-state index contributed by atoms with van der Waals surface area (Å²) in [5.41, 5.74) is 6.42. The van der Waals surface area contributed by atoms with Crippen LogP contribution in [0.2, 0.25) is 0 Å². The van der Waals surface area contributed by atoms with Crippen molar-refractivity contribution in [1.29, 1.82) is 0 Å². The first-order chi connectivity index (χ1) is 8.31. The van der Waals surface area contributed by atoms with E-state index in [1.807, 2.05) is 17.8 Å². The first kappa shape index (κ1) is 9.91. The summed E-state index contributed by atoms with van der Waals surface area (Å²) < 4.78 is 3.56. The third kappa shape index (κ3) is 1.40. The average molecular weight is 229 g/mol. The van der Waals surface area contributed by atoms with Gasteiger partial charge in [0.25, 0.3) is 0 Å². The van der Waals surface area contributed by atoms with Gasteiger partial charge in [-0.3, -0.25) is 9.25 Å². The molecule has 7 nitrogen and oxygen atoms in total. The van der Waals surface area contributed by atoms with E-state index >= 15 is 0 Å². The fraction of sp³-hybridized carbons (Fsp3) is 0.200. The Morgan fingerprint density at radius 2 is 2.18 bits per heavy atom. The molecule has 0 aliphatic carbocycles. The van der Waals surface area contributed by atoms with Gasteiger partial charge in [0.15, 0.2) is 11.5 Å². The third-order valence-corrected chi connectivity index (χ3v) is 2.64. The predicted octanol–water partition coefficient (Wildman–Crippen LogP) is 0.00770. The van der Waals surface area contributed by atoms with Crippen LogP contribution < -0.4 is 5.73 Å². The quantitative estimate of drug-likeness (QED) is 0.668. The minimum atomic E-state index is 0.360. The minimum absolute atomic E-state index is 0.360. The van der Waals surface area contributed by atoms with Crippen molar-refractivity contribution in [2.24, 2.45) is 12.8 Å². The van der Waals surface area contributed by atoms with E-state index in [1.165, 1.54) is 6.33 Å². The molecule has 7 heteroatoms. The fourth-order valence-electron chi connectivity index (χ4n) is 1.82. The Kier molecular flexibility index (Phi) is 2.12. The molecule has 0 spiro atoms. The van der Waals surface area contributed by atoms with Crippen LogP contribution >= 0.6 is 0 Å². The number of rotatable bonds is 2. The number of nitrogens with zero attached hydrogens (tertiary/aromatic N) is 6. The minimum Gasteiger partial charge on any atom is -0.324 e. The first-order valence-electron chi connectivity index (χ1n) is 5.16. The topological polar surface area (TPSA) is 87.4 Å². The summed E-state index contributed by atoms with van der Waals surface area (Å²) in [5, 5.41) is 5.05. The number of aromatic nitrogens is 6. The zero-order valence-corrected chi connectivity index (χ0v) is 9.28. The zero-order valence-electron chi connectivity index (χ0n) is 9.28. The van der Waals surface area contributed by atoms with Crippen LogP contribution in [0.25, 0.3) is 16.9 Å². The number of hydrogen-bond donors (Lipinski definition) is 1. The second-order valence-electron chi connectivity index (χ2n) is 3.62. The lowest BCUT2D eigenvalue weighted by Gasteiger charge is -2.05. The molecule has 0 aliphatic rings. The molecule has 3 aromatic rings. The Labute approximate surface area is 96.9 Å². The summed E-state index contributed by atoms with van der Waals surface area (Å²) in [4.78, 5) is 12.6. The van der Waals surface area contributed by atoms with E-state index in [2.05, 4.69) is 20.1 Å². The maximum atomic E-state index is 5.63. The van der Waals surface area contributed by atoms with Crippen LogP contribution in [0.5, 0.6) is 0 Å². The molecule has 86 valence electrons. The van der Waals surface area contributed by atoms with Crippen LogP contribution in [0, 0.1) is 0 Å². The highest BCUT2D eigenvalue weighted by Gasteiger charge is 2.11. The lowest BCUT2D eigenvalue weighted by molar-refractivity contribution is 0.784. The second kappa shape index (κ2) is 3.63. The van der Waals surface area contributed by atoms with Crippen molar-refractivity contribution in [3.05, 3.63) is 30.7 Å². The van der Waals surface area contributed by atoms with Gasteiger partial charge in [0, 0.05) is 19.4 Å². The highest BCUT2D eigenvalue weighted by molar-refractivity contribution is 5.81. The number of hydrogen-bond acceptors (Lipinski definition) is 5. The van der Waals surface area contributed by atoms with E-state index in [0.717, 1.165) is 22.7 Å². The summed E-state index contributed by atoms with van der Waals surface area (Å²) in [6, 6.07) is 0. The normalized spacial score (nSPS) is 11.2. The molecule has 0 radical (unpaired) electrons. The molecular weight excluding hydrogens is 218 g/mol. The van der Waals surface area contributed by atoms with Gasteiger partial charge in [-0.1, -0.05) is 0 Å². The standard InChI is InChI=1S/C10H11N7/c1-16-9-7(5-15-16)10(14-6-13-9)17-3-2-12-8(17)4-11/h2-3,5-6H,4,11H2,1H3. The molecule has 3 aromatic heterocycles. The number of aryl methyl sites for hydroxylation is 1. The third-order valence-electron chi connectivity index (χ3n) is 2.64. The zero-order chi connectivity index (χ0) is 11.8. The molecule has 0 amide bonds. The largest absolute Gasteiger partial charge is 0.324 e. The van der Waals surface area contributed by atoms with Crippen molar-refractivity contribution < 1.29 is 0 Å². The van der Waals surface area contributed by atoms with Gasteiger partial charge in [-0.25, -0.2) is 15.0 Å². The smallest absolute Gasteiger partial charge is 0.163 e. The molecule has 17 heavy (non-hydrogen) atoms. The molecule has 0 fully saturated rings. The Morgan fingerprint density at radius 1 is 1.29 bits per heavy atom. The maximum absolute atomic E-state index is 5.63. The fourth-order valence-corrected chi connectivity index (χ4v) is 1.82. The van der Waals surface area contributed by atoms with Crippen molar-refractivity contribution in [3.8, 4) is 5.82 Å². The van der Waals surface area contributed by atoms with E-state index < -0.39 is 0 Å². The summed E-state index contributed by atoms with van der Waals surface area (Å²) >= 11 is 0.